The zero-order chi connectivity index (χ0) is 27.2. The van der Waals surface area contributed by atoms with Gasteiger partial charge in [0.05, 0.1) is 11.9 Å². The van der Waals surface area contributed by atoms with Gasteiger partial charge in [0, 0.05) is 28.2 Å². The molecule has 0 aliphatic heterocycles. The topological polar surface area (TPSA) is 86.8 Å². The van der Waals surface area contributed by atoms with E-state index in [-0.39, 0.29) is 18.5 Å². The third kappa shape index (κ3) is 7.37. The van der Waals surface area contributed by atoms with Gasteiger partial charge in [-0.3, -0.25) is 13.9 Å². The molecule has 2 rings (SSSR count). The highest BCUT2D eigenvalue weighted by atomic mass is 35.5. The maximum Gasteiger partial charge on any atom is 0.244 e. The summed E-state index contributed by atoms with van der Waals surface area (Å²) < 4.78 is 26.8. The molecule has 0 bridgehead atoms. The van der Waals surface area contributed by atoms with Crippen LogP contribution >= 0.6 is 23.2 Å². The first-order valence-corrected chi connectivity index (χ1v) is 14.5. The molecule has 0 fully saturated rings. The van der Waals surface area contributed by atoms with Gasteiger partial charge in [0.2, 0.25) is 21.8 Å². The van der Waals surface area contributed by atoms with Gasteiger partial charge in [-0.25, -0.2) is 8.42 Å². The summed E-state index contributed by atoms with van der Waals surface area (Å²) in [6.45, 7) is 8.70. The van der Waals surface area contributed by atoms with Crippen molar-refractivity contribution in [2.24, 2.45) is 0 Å². The Bertz CT molecular complexity index is 1160. The minimum Gasteiger partial charge on any atom is -0.352 e. The van der Waals surface area contributed by atoms with Gasteiger partial charge >= 0.3 is 0 Å². The average Bonchev–Trinajstić information content (AvgIpc) is 2.79. The lowest BCUT2D eigenvalue weighted by atomic mass is 10.1. The monoisotopic (exact) mass is 555 g/mol. The summed E-state index contributed by atoms with van der Waals surface area (Å²) in [6, 6.07) is 9.49. The maximum absolute atomic E-state index is 13.8. The van der Waals surface area contributed by atoms with Crippen LogP contribution in [0.4, 0.5) is 5.69 Å². The lowest BCUT2D eigenvalue weighted by Gasteiger charge is -2.34. The van der Waals surface area contributed by atoms with Crippen LogP contribution in [-0.4, -0.2) is 50.0 Å². The van der Waals surface area contributed by atoms with Gasteiger partial charge in [-0.1, -0.05) is 61.3 Å². The Kier molecular flexibility index (Phi) is 10.6. The van der Waals surface area contributed by atoms with Crippen LogP contribution < -0.4 is 9.62 Å². The second-order valence-electron chi connectivity index (χ2n) is 8.97. The number of hydrogen-bond acceptors (Lipinski definition) is 4. The van der Waals surface area contributed by atoms with Crippen LogP contribution in [0, 0.1) is 13.8 Å². The van der Waals surface area contributed by atoms with E-state index >= 15 is 0 Å². The Balaban J connectivity index is 2.56. The number of benzene rings is 2. The molecule has 0 saturated carbocycles. The SMILES string of the molecule is CC[C@@H](C)NC(=O)[C@H](CC)N(Cc1c(Cl)cccc1Cl)C(=O)CN(c1c(C)cccc1C)S(C)(=O)=O. The lowest BCUT2D eigenvalue weighted by Crippen LogP contribution is -2.53. The standard InChI is InChI=1S/C26H35Cl2N3O4S/c1-7-19(5)29-26(33)23(8-2)30(15-20-21(27)13-10-14-22(20)28)24(32)16-31(36(6,34)35)25-17(3)11-9-12-18(25)4/h9-14,19,23H,7-8,15-16H2,1-6H3,(H,29,33)/t19-,23+/m1/s1. The number of rotatable bonds is 11. The van der Waals surface area contributed by atoms with Crippen LogP contribution in [-0.2, 0) is 26.2 Å². The molecule has 0 unspecified atom stereocenters. The second kappa shape index (κ2) is 12.8. The van der Waals surface area contributed by atoms with Crippen LogP contribution in [0.15, 0.2) is 36.4 Å². The van der Waals surface area contributed by atoms with E-state index in [1.165, 1.54) is 4.90 Å². The summed E-state index contributed by atoms with van der Waals surface area (Å²) >= 11 is 12.8. The molecule has 0 spiro atoms. The quantitative estimate of drug-likeness (QED) is 0.418. The number of aryl methyl sites for hydroxylation is 2. The van der Waals surface area contributed by atoms with Crippen molar-refractivity contribution in [2.75, 3.05) is 17.1 Å². The van der Waals surface area contributed by atoms with Gasteiger partial charge in [-0.15, -0.1) is 0 Å². The molecule has 0 aliphatic rings. The lowest BCUT2D eigenvalue weighted by molar-refractivity contribution is -0.140. The van der Waals surface area contributed by atoms with Crippen molar-refractivity contribution in [3.8, 4) is 0 Å². The van der Waals surface area contributed by atoms with Crippen molar-refractivity contribution in [1.82, 2.24) is 10.2 Å². The van der Waals surface area contributed by atoms with E-state index < -0.39 is 28.5 Å². The Hall–Kier alpha value is -2.29. The summed E-state index contributed by atoms with van der Waals surface area (Å²) in [5, 5.41) is 3.64. The number of para-hydroxylation sites is 1. The fourth-order valence-electron chi connectivity index (χ4n) is 3.99. The Morgan fingerprint density at radius 3 is 1.97 bits per heavy atom. The Labute approximate surface area is 224 Å². The number of nitrogens with zero attached hydrogens (tertiary/aromatic N) is 2. The molecule has 10 heteroatoms. The number of halogens is 2. The first-order valence-electron chi connectivity index (χ1n) is 11.9. The van der Waals surface area contributed by atoms with Crippen LogP contribution in [0.1, 0.15) is 50.3 Å². The summed E-state index contributed by atoms with van der Waals surface area (Å²) in [5.74, 6) is -0.855. The van der Waals surface area contributed by atoms with Crippen molar-refractivity contribution in [3.63, 3.8) is 0 Å². The number of nitrogens with one attached hydrogen (secondary N) is 1. The molecule has 2 aromatic rings. The number of anilines is 1. The number of carbonyl (C=O) groups is 2. The van der Waals surface area contributed by atoms with E-state index in [1.54, 1.807) is 51.1 Å². The highest BCUT2D eigenvalue weighted by Gasteiger charge is 2.33. The third-order valence-corrected chi connectivity index (χ3v) is 7.97. The fraction of sp³-hybridized carbons (Fsp3) is 0.462. The van der Waals surface area contributed by atoms with Crippen molar-refractivity contribution < 1.29 is 18.0 Å². The highest BCUT2D eigenvalue weighted by Crippen LogP contribution is 2.29. The van der Waals surface area contributed by atoms with Crippen LogP contribution in [0.25, 0.3) is 0 Å². The van der Waals surface area contributed by atoms with Crippen LogP contribution in [0.3, 0.4) is 0 Å². The van der Waals surface area contributed by atoms with Crippen LogP contribution in [0.5, 0.6) is 0 Å². The predicted octanol–water partition coefficient (Wildman–Crippen LogP) is 5.10. The number of sulfonamides is 1. The molecule has 36 heavy (non-hydrogen) atoms. The molecule has 2 atom stereocenters. The van der Waals surface area contributed by atoms with E-state index in [9.17, 15) is 18.0 Å². The van der Waals surface area contributed by atoms with Crippen molar-refractivity contribution in [2.45, 2.75) is 66.1 Å². The van der Waals surface area contributed by atoms with Gasteiger partial charge in [-0.05, 0) is 56.9 Å². The molecule has 0 aromatic heterocycles. The second-order valence-corrected chi connectivity index (χ2v) is 11.7. The van der Waals surface area contributed by atoms with Gasteiger partial charge in [-0.2, -0.15) is 0 Å². The van der Waals surface area contributed by atoms with Gasteiger partial charge in [0.25, 0.3) is 0 Å². The molecular formula is C26H35Cl2N3O4S. The van der Waals surface area contributed by atoms with E-state index in [4.69, 9.17) is 23.2 Å². The first kappa shape index (κ1) is 29.9. The zero-order valence-corrected chi connectivity index (χ0v) is 24.0. The smallest absolute Gasteiger partial charge is 0.244 e. The summed E-state index contributed by atoms with van der Waals surface area (Å²) in [7, 11) is -3.82. The number of hydrogen-bond donors (Lipinski definition) is 1. The van der Waals surface area contributed by atoms with Crippen LogP contribution in [0.2, 0.25) is 10.0 Å². The molecule has 7 nitrogen and oxygen atoms in total. The molecule has 2 aromatic carbocycles. The largest absolute Gasteiger partial charge is 0.352 e. The van der Waals surface area contributed by atoms with E-state index in [1.807, 2.05) is 19.9 Å². The first-order chi connectivity index (χ1) is 16.8. The van der Waals surface area contributed by atoms with Crippen molar-refractivity contribution in [1.29, 1.82) is 0 Å². The van der Waals surface area contributed by atoms with Crippen molar-refractivity contribution >= 4 is 50.7 Å². The normalized spacial score (nSPS) is 13.1. The molecule has 1 N–H and O–H groups in total. The maximum atomic E-state index is 13.8. The number of amides is 2. The van der Waals surface area contributed by atoms with E-state index in [0.29, 0.717) is 27.7 Å². The van der Waals surface area contributed by atoms with Gasteiger partial charge in [0.1, 0.15) is 12.6 Å². The molecule has 0 heterocycles. The average molecular weight is 557 g/mol. The predicted molar refractivity (Wildman–Crippen MR) is 147 cm³/mol. The fourth-order valence-corrected chi connectivity index (χ4v) is 5.47. The highest BCUT2D eigenvalue weighted by molar-refractivity contribution is 7.92. The summed E-state index contributed by atoms with van der Waals surface area (Å²) in [5.41, 5.74) is 2.37. The van der Waals surface area contributed by atoms with Gasteiger partial charge < -0.3 is 10.2 Å². The summed E-state index contributed by atoms with van der Waals surface area (Å²) in [4.78, 5) is 28.4. The zero-order valence-electron chi connectivity index (χ0n) is 21.6. The van der Waals surface area contributed by atoms with E-state index in [0.717, 1.165) is 28.1 Å². The van der Waals surface area contributed by atoms with Gasteiger partial charge in [0.15, 0.2) is 0 Å². The van der Waals surface area contributed by atoms with Crippen molar-refractivity contribution in [3.05, 3.63) is 63.1 Å². The molecule has 2 amide bonds. The Morgan fingerprint density at radius 1 is 0.972 bits per heavy atom. The molecular weight excluding hydrogens is 521 g/mol. The number of carbonyl (C=O) groups excluding carboxylic acids is 2. The molecule has 0 radical (unpaired) electrons. The van der Waals surface area contributed by atoms with E-state index in [2.05, 4.69) is 5.32 Å². The molecule has 0 saturated heterocycles. The minimum atomic E-state index is -3.82. The molecule has 0 aliphatic carbocycles. The summed E-state index contributed by atoms with van der Waals surface area (Å²) in [6.07, 6.45) is 2.10. The minimum absolute atomic E-state index is 0.0475. The third-order valence-electron chi connectivity index (χ3n) is 6.15. The molecule has 198 valence electrons. The Morgan fingerprint density at radius 2 is 1.50 bits per heavy atom.